The van der Waals surface area contributed by atoms with Crippen LogP contribution < -0.4 is 0 Å². The third kappa shape index (κ3) is 7.63. The van der Waals surface area contributed by atoms with Crippen molar-refractivity contribution in [3.63, 3.8) is 0 Å². The minimum Gasteiger partial charge on any atom is -0.381 e. The molecule has 0 bridgehead atoms. The molecule has 0 aromatic carbocycles. The van der Waals surface area contributed by atoms with Crippen molar-refractivity contribution in [1.29, 1.82) is 5.41 Å². The Morgan fingerprint density at radius 2 is 2.10 bits per heavy atom. The van der Waals surface area contributed by atoms with Crippen molar-refractivity contribution < 1.29 is 4.74 Å². The van der Waals surface area contributed by atoms with E-state index in [1.807, 2.05) is 0 Å². The van der Waals surface area contributed by atoms with E-state index in [0.29, 0.717) is 6.61 Å². The number of ether oxygens (including phenoxy) is 1. The number of hydrogen-bond donors (Lipinski definition) is 1. The second kappa shape index (κ2) is 8.63. The van der Waals surface area contributed by atoms with Crippen LogP contribution in [-0.4, -0.2) is 19.4 Å². The molecule has 0 atom stereocenters. The first kappa shape index (κ1) is 9.63. The summed E-state index contributed by atoms with van der Waals surface area (Å²) in [5.74, 6) is 0. The first-order chi connectivity index (χ1) is 4.91. The molecular weight excluding hydrogens is 126 g/mol. The lowest BCUT2D eigenvalue weighted by molar-refractivity contribution is 0.137. The molecule has 0 aliphatic rings. The molecule has 0 heterocycles. The number of unbranched alkanes of at least 4 members (excludes halogenated alkanes) is 2. The molecule has 2 heteroatoms. The first-order valence-corrected chi connectivity index (χ1v) is 3.98. The van der Waals surface area contributed by atoms with Crippen LogP contribution in [0.1, 0.15) is 32.6 Å². The molecule has 60 valence electrons. The van der Waals surface area contributed by atoms with E-state index in [0.717, 1.165) is 19.4 Å². The van der Waals surface area contributed by atoms with Crippen LogP contribution in [-0.2, 0) is 4.74 Å². The average molecular weight is 143 g/mol. The Morgan fingerprint density at radius 1 is 1.30 bits per heavy atom. The molecule has 0 spiro atoms. The molecule has 0 fully saturated rings. The monoisotopic (exact) mass is 143 g/mol. The summed E-state index contributed by atoms with van der Waals surface area (Å²) in [5, 5.41) is 6.71. The molecule has 0 aromatic rings. The third-order valence-corrected chi connectivity index (χ3v) is 1.30. The SMILES string of the molecule is CCCCCOCCC=N. The highest BCUT2D eigenvalue weighted by atomic mass is 16.5. The van der Waals surface area contributed by atoms with E-state index in [-0.39, 0.29) is 0 Å². The summed E-state index contributed by atoms with van der Waals surface area (Å²) in [5.41, 5.74) is 0. The Kier molecular flexibility index (Phi) is 8.31. The summed E-state index contributed by atoms with van der Waals surface area (Å²) in [6.45, 7) is 3.76. The smallest absolute Gasteiger partial charge is 0.0515 e. The van der Waals surface area contributed by atoms with E-state index in [2.05, 4.69) is 6.92 Å². The van der Waals surface area contributed by atoms with Gasteiger partial charge < -0.3 is 10.1 Å². The lowest BCUT2D eigenvalue weighted by Gasteiger charge is -1.99. The van der Waals surface area contributed by atoms with E-state index in [4.69, 9.17) is 10.1 Å². The highest BCUT2D eigenvalue weighted by molar-refractivity contribution is 5.52. The summed E-state index contributed by atoms with van der Waals surface area (Å²) in [7, 11) is 0. The van der Waals surface area contributed by atoms with Crippen molar-refractivity contribution in [3.8, 4) is 0 Å². The Morgan fingerprint density at radius 3 is 2.70 bits per heavy atom. The van der Waals surface area contributed by atoms with Crippen LogP contribution in [0.15, 0.2) is 0 Å². The predicted octanol–water partition coefficient (Wildman–Crippen LogP) is 2.23. The van der Waals surface area contributed by atoms with Crippen molar-refractivity contribution in [2.24, 2.45) is 0 Å². The Hall–Kier alpha value is -0.370. The van der Waals surface area contributed by atoms with Gasteiger partial charge in [0, 0.05) is 13.0 Å². The topological polar surface area (TPSA) is 33.1 Å². The van der Waals surface area contributed by atoms with E-state index >= 15 is 0 Å². The lowest BCUT2D eigenvalue weighted by atomic mass is 10.3. The molecule has 0 rings (SSSR count). The zero-order valence-electron chi connectivity index (χ0n) is 6.73. The van der Waals surface area contributed by atoms with E-state index < -0.39 is 0 Å². The minimum absolute atomic E-state index is 0.715. The van der Waals surface area contributed by atoms with Gasteiger partial charge in [-0.15, -0.1) is 0 Å². The standard InChI is InChI=1S/C8H17NO/c1-2-3-4-7-10-8-5-6-9/h6,9H,2-5,7-8H2,1H3. The molecule has 0 amide bonds. The van der Waals surface area contributed by atoms with Gasteiger partial charge >= 0.3 is 0 Å². The zero-order valence-corrected chi connectivity index (χ0v) is 6.73. The van der Waals surface area contributed by atoms with Crippen LogP contribution in [0, 0.1) is 5.41 Å². The average Bonchev–Trinajstić information content (AvgIpc) is 1.97. The van der Waals surface area contributed by atoms with Crippen molar-refractivity contribution in [1.82, 2.24) is 0 Å². The molecule has 10 heavy (non-hydrogen) atoms. The van der Waals surface area contributed by atoms with E-state index in [1.54, 1.807) is 0 Å². The Bertz CT molecular complexity index is 73.7. The maximum atomic E-state index is 6.71. The van der Waals surface area contributed by atoms with Gasteiger partial charge in [-0.2, -0.15) is 0 Å². The van der Waals surface area contributed by atoms with Crippen molar-refractivity contribution in [3.05, 3.63) is 0 Å². The molecule has 0 aromatic heterocycles. The van der Waals surface area contributed by atoms with Crippen LogP contribution in [0.25, 0.3) is 0 Å². The predicted molar refractivity (Wildman–Crippen MR) is 43.7 cm³/mol. The van der Waals surface area contributed by atoms with Gasteiger partial charge in [0.1, 0.15) is 0 Å². The molecule has 0 aliphatic carbocycles. The molecule has 0 saturated heterocycles. The van der Waals surface area contributed by atoms with Crippen LogP contribution in [0.3, 0.4) is 0 Å². The van der Waals surface area contributed by atoms with Gasteiger partial charge in [0.05, 0.1) is 6.61 Å². The second-order valence-electron chi connectivity index (χ2n) is 2.31. The summed E-state index contributed by atoms with van der Waals surface area (Å²) in [6, 6.07) is 0. The minimum atomic E-state index is 0.715. The summed E-state index contributed by atoms with van der Waals surface area (Å²) in [6.07, 6.45) is 5.80. The fourth-order valence-electron chi connectivity index (χ4n) is 0.698. The maximum absolute atomic E-state index is 6.71. The van der Waals surface area contributed by atoms with Crippen molar-refractivity contribution in [2.45, 2.75) is 32.6 Å². The summed E-state index contributed by atoms with van der Waals surface area (Å²) < 4.78 is 5.22. The van der Waals surface area contributed by atoms with Gasteiger partial charge in [-0.05, 0) is 12.6 Å². The van der Waals surface area contributed by atoms with Gasteiger partial charge in [-0.1, -0.05) is 19.8 Å². The van der Waals surface area contributed by atoms with Gasteiger partial charge in [0.25, 0.3) is 0 Å². The number of rotatable bonds is 7. The first-order valence-electron chi connectivity index (χ1n) is 3.98. The van der Waals surface area contributed by atoms with E-state index in [1.165, 1.54) is 19.1 Å². The largest absolute Gasteiger partial charge is 0.381 e. The molecule has 1 N–H and O–H groups in total. The van der Waals surface area contributed by atoms with Gasteiger partial charge in [0.2, 0.25) is 0 Å². The lowest BCUT2D eigenvalue weighted by Crippen LogP contribution is -1.96. The van der Waals surface area contributed by atoms with E-state index in [9.17, 15) is 0 Å². The highest BCUT2D eigenvalue weighted by Gasteiger charge is 1.85. The molecule has 0 saturated carbocycles. The third-order valence-electron chi connectivity index (χ3n) is 1.30. The molecule has 0 radical (unpaired) electrons. The van der Waals surface area contributed by atoms with Crippen LogP contribution >= 0.6 is 0 Å². The number of nitrogens with one attached hydrogen (secondary N) is 1. The van der Waals surface area contributed by atoms with Crippen molar-refractivity contribution >= 4 is 6.21 Å². The highest BCUT2D eigenvalue weighted by Crippen LogP contribution is 1.93. The summed E-state index contributed by atoms with van der Waals surface area (Å²) >= 11 is 0. The quantitative estimate of drug-likeness (QED) is 0.430. The van der Waals surface area contributed by atoms with Crippen LogP contribution in [0.4, 0.5) is 0 Å². The maximum Gasteiger partial charge on any atom is 0.0515 e. The Balaban J connectivity index is 2.70. The molecule has 2 nitrogen and oxygen atoms in total. The van der Waals surface area contributed by atoms with Gasteiger partial charge in [-0.3, -0.25) is 0 Å². The second-order valence-corrected chi connectivity index (χ2v) is 2.31. The normalized spacial score (nSPS) is 9.70. The van der Waals surface area contributed by atoms with Gasteiger partial charge in [0.15, 0.2) is 0 Å². The molecular formula is C8H17NO. The van der Waals surface area contributed by atoms with Crippen LogP contribution in [0.5, 0.6) is 0 Å². The number of hydrogen-bond acceptors (Lipinski definition) is 2. The van der Waals surface area contributed by atoms with Crippen molar-refractivity contribution in [2.75, 3.05) is 13.2 Å². The van der Waals surface area contributed by atoms with Gasteiger partial charge in [-0.25, -0.2) is 0 Å². The zero-order chi connectivity index (χ0) is 7.66. The Labute approximate surface area is 63.1 Å². The molecule has 0 unspecified atom stereocenters. The van der Waals surface area contributed by atoms with Crippen LogP contribution in [0.2, 0.25) is 0 Å². The fourth-order valence-corrected chi connectivity index (χ4v) is 0.698. The summed E-state index contributed by atoms with van der Waals surface area (Å²) in [4.78, 5) is 0. The molecule has 0 aliphatic heterocycles. The fraction of sp³-hybridized carbons (Fsp3) is 0.875.